The molecule has 0 spiro atoms. The molecule has 1 atom stereocenters. The van der Waals surface area contributed by atoms with Crippen LogP contribution in [0.2, 0.25) is 0 Å². The van der Waals surface area contributed by atoms with Gasteiger partial charge in [-0.05, 0) is 32.6 Å². The molecule has 0 fully saturated rings. The summed E-state index contributed by atoms with van der Waals surface area (Å²) in [6.07, 6.45) is 8.44. The van der Waals surface area contributed by atoms with Crippen molar-refractivity contribution in [2.45, 2.75) is 58.0 Å². The van der Waals surface area contributed by atoms with Gasteiger partial charge in [-0.2, -0.15) is 0 Å². The van der Waals surface area contributed by atoms with Crippen LogP contribution in [0.3, 0.4) is 0 Å². The largest absolute Gasteiger partial charge is 0.390 e. The Morgan fingerprint density at radius 1 is 1.58 bits per heavy atom. The molecule has 0 aliphatic heterocycles. The highest BCUT2D eigenvalue weighted by atomic mass is 16.3. The Balaban J connectivity index is 2.40. The van der Waals surface area contributed by atoms with E-state index in [9.17, 15) is 5.11 Å². The molecule has 1 N–H and O–H groups in total. The van der Waals surface area contributed by atoms with Gasteiger partial charge in [-0.15, -0.1) is 0 Å². The van der Waals surface area contributed by atoms with E-state index < -0.39 is 0 Å². The topological polar surface area (TPSA) is 20.2 Å². The zero-order chi connectivity index (χ0) is 9.03. The van der Waals surface area contributed by atoms with Gasteiger partial charge in [-0.25, -0.2) is 0 Å². The van der Waals surface area contributed by atoms with Gasteiger partial charge in [0, 0.05) is 0 Å². The summed E-state index contributed by atoms with van der Waals surface area (Å²) >= 11 is 0. The molecule has 1 rings (SSSR count). The number of hydrogen-bond donors (Lipinski definition) is 1. The smallest absolute Gasteiger partial charge is 0.0685 e. The van der Waals surface area contributed by atoms with Gasteiger partial charge in [0.05, 0.1) is 5.60 Å². The van der Waals surface area contributed by atoms with Crippen molar-refractivity contribution >= 4 is 0 Å². The van der Waals surface area contributed by atoms with Gasteiger partial charge < -0.3 is 5.11 Å². The normalized spacial score (nSPS) is 30.1. The maximum absolute atomic E-state index is 10.1. The molecule has 0 aromatic heterocycles. The second-order valence-corrected chi connectivity index (χ2v) is 4.08. The second-order valence-electron chi connectivity index (χ2n) is 4.08. The summed E-state index contributed by atoms with van der Waals surface area (Å²) in [4.78, 5) is 0. The fourth-order valence-corrected chi connectivity index (χ4v) is 1.73. The minimum absolute atomic E-state index is 0.366. The van der Waals surface area contributed by atoms with Crippen LogP contribution in [0.4, 0.5) is 0 Å². The maximum Gasteiger partial charge on any atom is 0.0685 e. The molecule has 0 heterocycles. The molecular weight excluding hydrogens is 148 g/mol. The lowest BCUT2D eigenvalue weighted by atomic mass is 9.82. The summed E-state index contributed by atoms with van der Waals surface area (Å²) in [6.45, 7) is 4.33. The van der Waals surface area contributed by atoms with E-state index in [4.69, 9.17) is 0 Å². The van der Waals surface area contributed by atoms with Crippen molar-refractivity contribution in [3.05, 3.63) is 11.6 Å². The van der Waals surface area contributed by atoms with E-state index in [1.165, 1.54) is 12.0 Å². The monoisotopic (exact) mass is 168 g/mol. The highest BCUT2D eigenvalue weighted by Gasteiger charge is 2.27. The first-order valence-electron chi connectivity index (χ1n) is 5.04. The Hall–Kier alpha value is -0.300. The molecule has 0 saturated heterocycles. The molecule has 1 unspecified atom stereocenters. The van der Waals surface area contributed by atoms with Gasteiger partial charge in [-0.1, -0.05) is 31.4 Å². The molecule has 1 aliphatic carbocycles. The first-order chi connectivity index (χ1) is 5.66. The van der Waals surface area contributed by atoms with Crippen LogP contribution < -0.4 is 0 Å². The summed E-state index contributed by atoms with van der Waals surface area (Å²) in [5.41, 5.74) is 1.08. The van der Waals surface area contributed by atoms with Crippen LogP contribution in [0.5, 0.6) is 0 Å². The van der Waals surface area contributed by atoms with Crippen LogP contribution in [0.25, 0.3) is 0 Å². The van der Waals surface area contributed by atoms with E-state index in [0.717, 1.165) is 32.1 Å². The minimum Gasteiger partial charge on any atom is -0.390 e. The molecular formula is C11H20O. The van der Waals surface area contributed by atoms with Gasteiger partial charge >= 0.3 is 0 Å². The number of allylic oxidation sites excluding steroid dienone is 1. The third-order valence-corrected chi connectivity index (χ3v) is 2.81. The van der Waals surface area contributed by atoms with Gasteiger partial charge in [0.25, 0.3) is 0 Å². The maximum atomic E-state index is 10.1. The first-order valence-corrected chi connectivity index (χ1v) is 5.04. The van der Waals surface area contributed by atoms with Crippen molar-refractivity contribution in [1.82, 2.24) is 0 Å². The third-order valence-electron chi connectivity index (χ3n) is 2.81. The lowest BCUT2D eigenvalue weighted by Gasteiger charge is -2.30. The van der Waals surface area contributed by atoms with Crippen LogP contribution in [-0.2, 0) is 0 Å². The van der Waals surface area contributed by atoms with Crippen LogP contribution in [0.1, 0.15) is 52.4 Å². The number of unbranched alkanes of at least 4 members (excludes halogenated alkanes) is 1. The van der Waals surface area contributed by atoms with Gasteiger partial charge in [-0.3, -0.25) is 0 Å². The number of aliphatic hydroxyl groups is 1. The lowest BCUT2D eigenvalue weighted by molar-refractivity contribution is 0.0193. The Morgan fingerprint density at radius 3 is 2.83 bits per heavy atom. The molecule has 0 amide bonds. The highest BCUT2D eigenvalue weighted by molar-refractivity contribution is 5.07. The van der Waals surface area contributed by atoms with E-state index in [1.807, 2.05) is 0 Å². The Labute approximate surface area is 75.5 Å². The minimum atomic E-state index is -0.366. The zero-order valence-corrected chi connectivity index (χ0v) is 8.27. The molecule has 1 nitrogen and oxygen atoms in total. The van der Waals surface area contributed by atoms with E-state index in [1.54, 1.807) is 0 Å². The lowest BCUT2D eigenvalue weighted by Crippen LogP contribution is -2.30. The Morgan fingerprint density at radius 2 is 2.33 bits per heavy atom. The zero-order valence-electron chi connectivity index (χ0n) is 8.27. The van der Waals surface area contributed by atoms with Gasteiger partial charge in [0.1, 0.15) is 0 Å². The van der Waals surface area contributed by atoms with Gasteiger partial charge in [0.15, 0.2) is 0 Å². The second kappa shape index (κ2) is 4.08. The molecule has 12 heavy (non-hydrogen) atoms. The van der Waals surface area contributed by atoms with Crippen LogP contribution in [0, 0.1) is 0 Å². The van der Waals surface area contributed by atoms with Crippen molar-refractivity contribution in [3.63, 3.8) is 0 Å². The molecule has 70 valence electrons. The molecule has 0 aromatic carbocycles. The van der Waals surface area contributed by atoms with Crippen molar-refractivity contribution in [1.29, 1.82) is 0 Å². The summed E-state index contributed by atoms with van der Waals surface area (Å²) in [5, 5.41) is 10.1. The van der Waals surface area contributed by atoms with Gasteiger partial charge in [0.2, 0.25) is 0 Å². The van der Waals surface area contributed by atoms with E-state index in [-0.39, 0.29) is 5.60 Å². The van der Waals surface area contributed by atoms with E-state index >= 15 is 0 Å². The molecule has 1 heteroatoms. The molecule has 1 aliphatic rings. The fourth-order valence-electron chi connectivity index (χ4n) is 1.73. The predicted molar refractivity (Wildman–Crippen MR) is 52.1 cm³/mol. The van der Waals surface area contributed by atoms with Crippen LogP contribution >= 0.6 is 0 Å². The molecule has 0 radical (unpaired) electrons. The average Bonchev–Trinajstić information content (AvgIpc) is 2.08. The Bertz CT molecular complexity index is 172. The van der Waals surface area contributed by atoms with Crippen LogP contribution in [-0.4, -0.2) is 10.7 Å². The first kappa shape index (κ1) is 9.79. The molecule has 0 aromatic rings. The summed E-state index contributed by atoms with van der Waals surface area (Å²) in [6, 6.07) is 0. The highest BCUT2D eigenvalue weighted by Crippen LogP contribution is 2.31. The third kappa shape index (κ3) is 2.63. The quantitative estimate of drug-likeness (QED) is 0.642. The summed E-state index contributed by atoms with van der Waals surface area (Å²) in [7, 11) is 0. The average molecular weight is 168 g/mol. The summed E-state index contributed by atoms with van der Waals surface area (Å²) < 4.78 is 0. The van der Waals surface area contributed by atoms with Crippen molar-refractivity contribution in [2.75, 3.05) is 0 Å². The SMILES string of the molecule is CCCCC1(O)CC=C(C)CC1. The van der Waals surface area contributed by atoms with Crippen LogP contribution in [0.15, 0.2) is 11.6 Å². The van der Waals surface area contributed by atoms with Crippen molar-refractivity contribution in [3.8, 4) is 0 Å². The van der Waals surface area contributed by atoms with E-state index in [0.29, 0.717) is 0 Å². The van der Waals surface area contributed by atoms with Crippen molar-refractivity contribution in [2.24, 2.45) is 0 Å². The Kier molecular flexibility index (Phi) is 3.33. The molecule has 0 saturated carbocycles. The van der Waals surface area contributed by atoms with E-state index in [2.05, 4.69) is 19.9 Å². The summed E-state index contributed by atoms with van der Waals surface area (Å²) in [5.74, 6) is 0. The fraction of sp³-hybridized carbons (Fsp3) is 0.818. The number of hydrogen-bond acceptors (Lipinski definition) is 1. The molecule has 0 bridgehead atoms. The van der Waals surface area contributed by atoms with Crippen molar-refractivity contribution < 1.29 is 5.11 Å². The standard InChI is InChI=1S/C11H20O/c1-3-4-7-11(12)8-5-10(2)6-9-11/h5,12H,3-4,6-9H2,1-2H3. The number of rotatable bonds is 3. The predicted octanol–water partition coefficient (Wildman–Crippen LogP) is 3.04.